The summed E-state index contributed by atoms with van der Waals surface area (Å²) in [5, 5.41) is 2.85. The quantitative estimate of drug-likeness (QED) is 0.418. The molecule has 9 heteroatoms. The molecule has 1 aromatic rings. The van der Waals surface area contributed by atoms with Crippen LogP contribution in [0.3, 0.4) is 0 Å². The first kappa shape index (κ1) is 15.1. The van der Waals surface area contributed by atoms with E-state index in [0.717, 1.165) is 0 Å². The van der Waals surface area contributed by atoms with Gasteiger partial charge < -0.3 is 21.5 Å². The van der Waals surface area contributed by atoms with Crippen molar-refractivity contribution in [3.05, 3.63) is 18.2 Å². The zero-order valence-electron chi connectivity index (χ0n) is 10.3. The number of ether oxygens (including phenoxy) is 1. The maximum absolute atomic E-state index is 11.6. The fourth-order valence-corrected chi connectivity index (χ4v) is 2.07. The van der Waals surface area contributed by atoms with Crippen molar-refractivity contribution in [2.45, 2.75) is 4.90 Å². The SMILES string of the molecule is CNS(=O)(=O)c1ccc(N)c(NCCOC(N)=O)c1. The molecule has 1 rings (SSSR count). The summed E-state index contributed by atoms with van der Waals surface area (Å²) in [5.74, 6) is 0. The van der Waals surface area contributed by atoms with Gasteiger partial charge in [0, 0.05) is 6.54 Å². The lowest BCUT2D eigenvalue weighted by molar-refractivity contribution is 0.161. The Bertz CT molecular complexity index is 559. The molecule has 8 nitrogen and oxygen atoms in total. The molecule has 0 saturated carbocycles. The molecule has 19 heavy (non-hydrogen) atoms. The van der Waals surface area contributed by atoms with E-state index >= 15 is 0 Å². The number of hydrogen-bond donors (Lipinski definition) is 4. The molecule has 6 N–H and O–H groups in total. The third-order valence-corrected chi connectivity index (χ3v) is 3.68. The number of sulfonamides is 1. The van der Waals surface area contributed by atoms with Crippen molar-refractivity contribution in [3.63, 3.8) is 0 Å². The molecule has 0 aliphatic heterocycles. The van der Waals surface area contributed by atoms with Crippen LogP contribution in [0.25, 0.3) is 0 Å². The van der Waals surface area contributed by atoms with Crippen LogP contribution in [-0.2, 0) is 14.8 Å². The predicted molar refractivity (Wildman–Crippen MR) is 71.1 cm³/mol. The van der Waals surface area contributed by atoms with Crippen LogP contribution in [-0.4, -0.2) is 34.7 Å². The van der Waals surface area contributed by atoms with Crippen LogP contribution in [0.2, 0.25) is 0 Å². The lowest BCUT2D eigenvalue weighted by Crippen LogP contribution is -2.20. The van der Waals surface area contributed by atoms with Crippen LogP contribution in [0.1, 0.15) is 0 Å². The van der Waals surface area contributed by atoms with E-state index in [1.165, 1.54) is 25.2 Å². The van der Waals surface area contributed by atoms with Gasteiger partial charge >= 0.3 is 6.09 Å². The molecule has 0 heterocycles. The molecule has 0 fully saturated rings. The van der Waals surface area contributed by atoms with Gasteiger partial charge in [-0.25, -0.2) is 17.9 Å². The Kier molecular flexibility index (Phi) is 4.95. The number of anilines is 2. The average Bonchev–Trinajstić information content (AvgIpc) is 2.36. The van der Waals surface area contributed by atoms with Gasteiger partial charge in [0.1, 0.15) is 6.61 Å². The number of nitrogen functional groups attached to an aromatic ring is 1. The van der Waals surface area contributed by atoms with E-state index in [-0.39, 0.29) is 18.0 Å². The molecular formula is C10H16N4O4S. The maximum atomic E-state index is 11.6. The number of primary amides is 1. The molecular weight excluding hydrogens is 272 g/mol. The van der Waals surface area contributed by atoms with Crippen molar-refractivity contribution in [3.8, 4) is 0 Å². The van der Waals surface area contributed by atoms with E-state index in [4.69, 9.17) is 11.5 Å². The second-order valence-electron chi connectivity index (χ2n) is 3.55. The highest BCUT2D eigenvalue weighted by molar-refractivity contribution is 7.89. The van der Waals surface area contributed by atoms with Gasteiger partial charge in [0.15, 0.2) is 0 Å². The molecule has 0 bridgehead atoms. The van der Waals surface area contributed by atoms with Crippen molar-refractivity contribution in [2.75, 3.05) is 31.2 Å². The van der Waals surface area contributed by atoms with E-state index in [9.17, 15) is 13.2 Å². The zero-order valence-corrected chi connectivity index (χ0v) is 11.2. The van der Waals surface area contributed by atoms with Crippen molar-refractivity contribution in [1.29, 1.82) is 0 Å². The minimum absolute atomic E-state index is 0.0534. The van der Waals surface area contributed by atoms with Crippen molar-refractivity contribution in [2.24, 2.45) is 5.73 Å². The van der Waals surface area contributed by atoms with Gasteiger partial charge in [0.2, 0.25) is 10.0 Å². The van der Waals surface area contributed by atoms with Gasteiger partial charge in [0.05, 0.1) is 16.3 Å². The number of rotatable bonds is 6. The van der Waals surface area contributed by atoms with Crippen LogP contribution in [0, 0.1) is 0 Å². The number of amides is 1. The average molecular weight is 288 g/mol. The van der Waals surface area contributed by atoms with Crippen LogP contribution >= 0.6 is 0 Å². The van der Waals surface area contributed by atoms with Gasteiger partial charge in [-0.1, -0.05) is 0 Å². The zero-order chi connectivity index (χ0) is 14.5. The summed E-state index contributed by atoms with van der Waals surface area (Å²) in [6, 6.07) is 4.26. The normalized spacial score (nSPS) is 11.0. The van der Waals surface area contributed by atoms with Gasteiger partial charge in [-0.2, -0.15) is 0 Å². The first-order chi connectivity index (χ1) is 8.86. The van der Waals surface area contributed by atoms with Gasteiger partial charge in [-0.3, -0.25) is 0 Å². The lowest BCUT2D eigenvalue weighted by atomic mass is 10.2. The van der Waals surface area contributed by atoms with Crippen LogP contribution in [0.5, 0.6) is 0 Å². The molecule has 106 valence electrons. The summed E-state index contributed by atoms with van der Waals surface area (Å²) in [6.07, 6.45) is -0.874. The van der Waals surface area contributed by atoms with E-state index in [2.05, 4.69) is 14.8 Å². The Morgan fingerprint density at radius 1 is 1.42 bits per heavy atom. The Balaban J connectivity index is 2.78. The number of carbonyl (C=O) groups is 1. The molecule has 0 unspecified atom stereocenters. The van der Waals surface area contributed by atoms with Crippen molar-refractivity contribution >= 4 is 27.5 Å². The van der Waals surface area contributed by atoms with Gasteiger partial charge in [-0.05, 0) is 25.2 Å². The molecule has 0 aromatic heterocycles. The second kappa shape index (κ2) is 6.25. The number of nitrogens with two attached hydrogens (primary N) is 2. The molecule has 1 amide bonds. The van der Waals surface area contributed by atoms with Crippen molar-refractivity contribution < 1.29 is 17.9 Å². The smallest absolute Gasteiger partial charge is 0.404 e. The number of hydrogen-bond acceptors (Lipinski definition) is 6. The molecule has 0 radical (unpaired) electrons. The van der Waals surface area contributed by atoms with E-state index in [1.807, 2.05) is 0 Å². The summed E-state index contributed by atoms with van der Waals surface area (Å²) in [4.78, 5) is 10.4. The highest BCUT2D eigenvalue weighted by Gasteiger charge is 2.12. The highest BCUT2D eigenvalue weighted by Crippen LogP contribution is 2.22. The third kappa shape index (κ3) is 4.30. The highest BCUT2D eigenvalue weighted by atomic mass is 32.2. The number of nitrogens with one attached hydrogen (secondary N) is 2. The largest absolute Gasteiger partial charge is 0.448 e. The molecule has 1 aromatic carbocycles. The number of benzene rings is 1. The van der Waals surface area contributed by atoms with Crippen molar-refractivity contribution in [1.82, 2.24) is 4.72 Å². The Morgan fingerprint density at radius 2 is 2.11 bits per heavy atom. The number of carbonyl (C=O) groups excluding carboxylic acids is 1. The minimum atomic E-state index is -3.53. The standard InChI is InChI=1S/C10H16N4O4S/c1-13-19(16,17)7-2-3-8(11)9(6-7)14-4-5-18-10(12)15/h2-3,6,13-14H,4-5,11H2,1H3,(H2,12,15). The first-order valence-corrected chi connectivity index (χ1v) is 6.84. The first-order valence-electron chi connectivity index (χ1n) is 5.36. The van der Waals surface area contributed by atoms with E-state index in [0.29, 0.717) is 11.4 Å². The maximum Gasteiger partial charge on any atom is 0.404 e. The Morgan fingerprint density at radius 3 is 2.68 bits per heavy atom. The molecule has 0 spiro atoms. The third-order valence-electron chi connectivity index (χ3n) is 2.27. The predicted octanol–water partition coefficient (Wildman–Crippen LogP) is -0.316. The summed E-state index contributed by atoms with van der Waals surface area (Å²) < 4.78 is 30.0. The molecule has 0 atom stereocenters. The Hall–Kier alpha value is -2.00. The van der Waals surface area contributed by atoms with Gasteiger partial charge in [-0.15, -0.1) is 0 Å². The fraction of sp³-hybridized carbons (Fsp3) is 0.300. The van der Waals surface area contributed by atoms with Crippen LogP contribution in [0.4, 0.5) is 16.2 Å². The van der Waals surface area contributed by atoms with Crippen LogP contribution in [0.15, 0.2) is 23.1 Å². The molecule has 0 aliphatic rings. The monoisotopic (exact) mass is 288 g/mol. The van der Waals surface area contributed by atoms with Gasteiger partial charge in [0.25, 0.3) is 0 Å². The van der Waals surface area contributed by atoms with Crippen LogP contribution < -0.4 is 21.5 Å². The van der Waals surface area contributed by atoms with E-state index < -0.39 is 16.1 Å². The molecule has 0 saturated heterocycles. The Labute approximate surface area is 111 Å². The molecule has 0 aliphatic carbocycles. The summed E-state index contributed by atoms with van der Waals surface area (Å²) in [7, 11) is -2.21. The topological polar surface area (TPSA) is 137 Å². The van der Waals surface area contributed by atoms with E-state index in [1.54, 1.807) is 0 Å². The minimum Gasteiger partial charge on any atom is -0.448 e. The fourth-order valence-electron chi connectivity index (χ4n) is 1.31. The summed E-state index contributed by atoms with van der Waals surface area (Å²) in [5.41, 5.74) is 11.3. The summed E-state index contributed by atoms with van der Waals surface area (Å²) >= 11 is 0. The lowest BCUT2D eigenvalue weighted by Gasteiger charge is -2.11. The summed E-state index contributed by atoms with van der Waals surface area (Å²) in [6.45, 7) is 0.313. The second-order valence-corrected chi connectivity index (χ2v) is 5.44.